The molecule has 20 heavy (non-hydrogen) atoms. The van der Waals surface area contributed by atoms with E-state index in [1.807, 2.05) is 31.2 Å². The minimum atomic E-state index is -0.979. The fourth-order valence-electron chi connectivity index (χ4n) is 3.15. The first-order chi connectivity index (χ1) is 9.60. The van der Waals surface area contributed by atoms with Gasteiger partial charge in [0.1, 0.15) is 0 Å². The summed E-state index contributed by atoms with van der Waals surface area (Å²) < 4.78 is 0. The van der Waals surface area contributed by atoms with Gasteiger partial charge >= 0.3 is 6.09 Å². The molecule has 1 amide bonds. The molecule has 0 aliphatic carbocycles. The number of hydrogen-bond acceptors (Lipinski definition) is 3. The van der Waals surface area contributed by atoms with Crippen LogP contribution < -0.4 is 0 Å². The van der Waals surface area contributed by atoms with Crippen LogP contribution in [0.4, 0.5) is 4.79 Å². The molecule has 1 aromatic rings. The number of amides is 1. The van der Waals surface area contributed by atoms with E-state index in [2.05, 4.69) is 0 Å². The average molecular weight is 279 g/mol. The SMILES string of the molecule is Cc1ccccc1C1C(CO)C(CO)CCN1C(=O)O. The summed E-state index contributed by atoms with van der Waals surface area (Å²) in [5.41, 5.74) is 1.91. The van der Waals surface area contributed by atoms with Gasteiger partial charge in [-0.15, -0.1) is 0 Å². The van der Waals surface area contributed by atoms with Crippen molar-refractivity contribution in [2.75, 3.05) is 19.8 Å². The lowest BCUT2D eigenvalue weighted by molar-refractivity contribution is -0.000821. The second-order valence-corrected chi connectivity index (χ2v) is 5.36. The first-order valence-corrected chi connectivity index (χ1v) is 6.87. The second kappa shape index (κ2) is 6.24. The normalized spacial score (nSPS) is 26.6. The van der Waals surface area contributed by atoms with E-state index in [0.717, 1.165) is 11.1 Å². The van der Waals surface area contributed by atoms with Crippen molar-refractivity contribution in [1.82, 2.24) is 4.90 Å². The highest BCUT2D eigenvalue weighted by Crippen LogP contribution is 2.40. The van der Waals surface area contributed by atoms with Crippen LogP contribution in [0.15, 0.2) is 24.3 Å². The van der Waals surface area contributed by atoms with Crippen molar-refractivity contribution in [1.29, 1.82) is 0 Å². The lowest BCUT2D eigenvalue weighted by Gasteiger charge is -2.44. The molecule has 3 atom stereocenters. The van der Waals surface area contributed by atoms with Crippen molar-refractivity contribution >= 4 is 6.09 Å². The van der Waals surface area contributed by atoms with E-state index < -0.39 is 12.1 Å². The van der Waals surface area contributed by atoms with Gasteiger partial charge in [0.05, 0.1) is 6.04 Å². The molecule has 1 aromatic carbocycles. The summed E-state index contributed by atoms with van der Waals surface area (Å²) in [5.74, 6) is -0.342. The predicted octanol–water partition coefficient (Wildman–Crippen LogP) is 1.64. The standard InChI is InChI=1S/C15H21NO4/c1-10-4-2-3-5-12(10)14-13(9-18)11(8-17)6-7-16(14)15(19)20/h2-5,11,13-14,17-18H,6-9H2,1H3,(H,19,20). The summed E-state index contributed by atoms with van der Waals surface area (Å²) in [6.07, 6.45) is -0.399. The summed E-state index contributed by atoms with van der Waals surface area (Å²) >= 11 is 0. The minimum Gasteiger partial charge on any atom is -0.465 e. The van der Waals surface area contributed by atoms with Gasteiger partial charge in [0, 0.05) is 25.7 Å². The average Bonchev–Trinajstić information content (AvgIpc) is 2.46. The smallest absolute Gasteiger partial charge is 0.407 e. The third-order valence-electron chi connectivity index (χ3n) is 4.29. The van der Waals surface area contributed by atoms with Gasteiger partial charge in [0.15, 0.2) is 0 Å². The number of carboxylic acid groups (broad SMARTS) is 1. The molecule has 1 saturated heterocycles. The minimum absolute atomic E-state index is 0.0267. The van der Waals surface area contributed by atoms with Crippen LogP contribution in [-0.4, -0.2) is 46.1 Å². The molecule has 0 aromatic heterocycles. The number of hydrogen-bond donors (Lipinski definition) is 3. The molecule has 0 radical (unpaired) electrons. The first-order valence-electron chi connectivity index (χ1n) is 6.87. The molecule has 1 heterocycles. The van der Waals surface area contributed by atoms with E-state index in [1.54, 1.807) is 0 Å². The zero-order chi connectivity index (χ0) is 14.7. The van der Waals surface area contributed by atoms with E-state index in [9.17, 15) is 20.1 Å². The summed E-state index contributed by atoms with van der Waals surface area (Å²) in [4.78, 5) is 12.9. The van der Waals surface area contributed by atoms with Crippen molar-refractivity contribution < 1.29 is 20.1 Å². The van der Waals surface area contributed by atoms with E-state index in [-0.39, 0.29) is 25.0 Å². The van der Waals surface area contributed by atoms with Crippen LogP contribution in [0.25, 0.3) is 0 Å². The Balaban J connectivity index is 2.44. The Labute approximate surface area is 118 Å². The largest absolute Gasteiger partial charge is 0.465 e. The van der Waals surface area contributed by atoms with E-state index in [0.29, 0.717) is 13.0 Å². The number of likely N-dealkylation sites (tertiary alicyclic amines) is 1. The third kappa shape index (κ3) is 2.64. The van der Waals surface area contributed by atoms with Crippen LogP contribution in [0.1, 0.15) is 23.6 Å². The molecule has 0 bridgehead atoms. The first kappa shape index (κ1) is 14.8. The molecular formula is C15H21NO4. The predicted molar refractivity (Wildman–Crippen MR) is 74.4 cm³/mol. The van der Waals surface area contributed by atoms with Gasteiger partial charge in [-0.3, -0.25) is 0 Å². The van der Waals surface area contributed by atoms with Gasteiger partial charge in [-0.05, 0) is 30.4 Å². The molecule has 2 rings (SSSR count). The van der Waals surface area contributed by atoms with Crippen LogP contribution in [0.2, 0.25) is 0 Å². The number of carbonyl (C=O) groups is 1. The zero-order valence-electron chi connectivity index (χ0n) is 11.6. The summed E-state index contributed by atoms with van der Waals surface area (Å²) in [7, 11) is 0. The number of benzene rings is 1. The summed E-state index contributed by atoms with van der Waals surface area (Å²) in [6, 6.07) is 7.22. The van der Waals surface area contributed by atoms with Crippen LogP contribution >= 0.6 is 0 Å². The molecule has 110 valence electrons. The Bertz CT molecular complexity index is 477. The molecule has 5 heteroatoms. The van der Waals surface area contributed by atoms with Gasteiger partial charge < -0.3 is 20.2 Å². The Morgan fingerprint density at radius 2 is 2.00 bits per heavy atom. The van der Waals surface area contributed by atoms with E-state index in [4.69, 9.17) is 0 Å². The maximum Gasteiger partial charge on any atom is 0.407 e. The van der Waals surface area contributed by atoms with Crippen LogP contribution in [0, 0.1) is 18.8 Å². The highest BCUT2D eigenvalue weighted by Gasteiger charge is 2.40. The Hall–Kier alpha value is -1.59. The molecular weight excluding hydrogens is 258 g/mol. The third-order valence-corrected chi connectivity index (χ3v) is 4.29. The van der Waals surface area contributed by atoms with Crippen molar-refractivity contribution in [3.05, 3.63) is 35.4 Å². The van der Waals surface area contributed by atoms with E-state index in [1.165, 1.54) is 4.90 Å². The van der Waals surface area contributed by atoms with Gasteiger partial charge in [-0.1, -0.05) is 24.3 Å². The van der Waals surface area contributed by atoms with Crippen molar-refractivity contribution in [3.63, 3.8) is 0 Å². The number of rotatable bonds is 3. The topological polar surface area (TPSA) is 81.0 Å². The van der Waals surface area contributed by atoms with Crippen LogP contribution in [0.5, 0.6) is 0 Å². The van der Waals surface area contributed by atoms with Crippen molar-refractivity contribution in [2.45, 2.75) is 19.4 Å². The molecule has 0 saturated carbocycles. The highest BCUT2D eigenvalue weighted by atomic mass is 16.4. The lowest BCUT2D eigenvalue weighted by atomic mass is 9.77. The van der Waals surface area contributed by atoms with Gasteiger partial charge in [0.2, 0.25) is 0 Å². The van der Waals surface area contributed by atoms with Gasteiger partial charge in [0.25, 0.3) is 0 Å². The monoisotopic (exact) mass is 279 g/mol. The fourth-order valence-corrected chi connectivity index (χ4v) is 3.15. The highest BCUT2D eigenvalue weighted by molar-refractivity contribution is 5.66. The van der Waals surface area contributed by atoms with Crippen LogP contribution in [0.3, 0.4) is 0 Å². The zero-order valence-corrected chi connectivity index (χ0v) is 11.6. The van der Waals surface area contributed by atoms with Crippen molar-refractivity contribution in [3.8, 4) is 0 Å². The maximum atomic E-state index is 11.5. The maximum absolute atomic E-state index is 11.5. The Morgan fingerprint density at radius 3 is 2.55 bits per heavy atom. The van der Waals surface area contributed by atoms with Gasteiger partial charge in [-0.25, -0.2) is 4.79 Å². The number of nitrogens with zero attached hydrogens (tertiary/aromatic N) is 1. The Morgan fingerprint density at radius 1 is 1.30 bits per heavy atom. The van der Waals surface area contributed by atoms with Gasteiger partial charge in [-0.2, -0.15) is 0 Å². The van der Waals surface area contributed by atoms with Crippen molar-refractivity contribution in [2.24, 2.45) is 11.8 Å². The fraction of sp³-hybridized carbons (Fsp3) is 0.533. The molecule has 0 spiro atoms. The number of piperidine rings is 1. The number of aryl methyl sites for hydroxylation is 1. The van der Waals surface area contributed by atoms with Crippen LogP contribution in [-0.2, 0) is 0 Å². The molecule has 1 fully saturated rings. The molecule has 3 N–H and O–H groups in total. The molecule has 1 aliphatic rings. The summed E-state index contributed by atoms with van der Waals surface area (Å²) in [5, 5.41) is 28.6. The Kier molecular flexibility index (Phi) is 4.62. The second-order valence-electron chi connectivity index (χ2n) is 5.36. The van der Waals surface area contributed by atoms with E-state index >= 15 is 0 Å². The molecule has 5 nitrogen and oxygen atoms in total. The summed E-state index contributed by atoms with van der Waals surface area (Å²) in [6.45, 7) is 2.16. The quantitative estimate of drug-likeness (QED) is 0.785. The molecule has 3 unspecified atom stereocenters. The number of aliphatic hydroxyl groups is 2. The number of aliphatic hydroxyl groups excluding tert-OH is 2. The lowest BCUT2D eigenvalue weighted by Crippen LogP contribution is -2.48. The molecule has 1 aliphatic heterocycles.